The number of anilines is 2. The SMILES string of the molecule is CCCC1CCN(C(=O)c2sc(NCCOC)nc2N)C1. The Morgan fingerprint density at radius 2 is 2.43 bits per heavy atom. The average Bonchev–Trinajstić information content (AvgIpc) is 3.06. The molecule has 1 fully saturated rings. The lowest BCUT2D eigenvalue weighted by atomic mass is 10.0. The molecule has 1 atom stereocenters. The molecule has 2 rings (SSSR count). The first-order valence-corrected chi connectivity index (χ1v) is 8.25. The van der Waals surface area contributed by atoms with Crippen LogP contribution in [0.3, 0.4) is 0 Å². The van der Waals surface area contributed by atoms with Gasteiger partial charge in [0, 0.05) is 26.7 Å². The third kappa shape index (κ3) is 4.07. The predicted molar refractivity (Wildman–Crippen MR) is 85.8 cm³/mol. The number of nitrogens with two attached hydrogens (primary N) is 1. The summed E-state index contributed by atoms with van der Waals surface area (Å²) in [5, 5.41) is 3.79. The Balaban J connectivity index is 1.96. The number of aromatic nitrogens is 1. The molecule has 1 aliphatic rings. The molecule has 3 N–H and O–H groups in total. The van der Waals surface area contributed by atoms with E-state index >= 15 is 0 Å². The molecule has 1 unspecified atom stereocenters. The second-order valence-electron chi connectivity index (χ2n) is 5.35. The zero-order chi connectivity index (χ0) is 15.2. The summed E-state index contributed by atoms with van der Waals surface area (Å²) in [6.07, 6.45) is 3.45. The Bertz CT molecular complexity index is 478. The van der Waals surface area contributed by atoms with Gasteiger partial charge in [-0.05, 0) is 18.8 Å². The van der Waals surface area contributed by atoms with Gasteiger partial charge >= 0.3 is 0 Å². The Morgan fingerprint density at radius 3 is 3.14 bits per heavy atom. The molecule has 7 heteroatoms. The molecule has 21 heavy (non-hydrogen) atoms. The fraction of sp³-hybridized carbons (Fsp3) is 0.714. The van der Waals surface area contributed by atoms with Crippen molar-refractivity contribution in [3.63, 3.8) is 0 Å². The first kappa shape index (κ1) is 16.0. The van der Waals surface area contributed by atoms with Gasteiger partial charge in [-0.3, -0.25) is 4.79 Å². The number of rotatable bonds is 7. The van der Waals surface area contributed by atoms with Crippen LogP contribution in [0.25, 0.3) is 0 Å². The zero-order valence-corrected chi connectivity index (χ0v) is 13.5. The van der Waals surface area contributed by atoms with Gasteiger partial charge in [0.2, 0.25) is 0 Å². The quantitative estimate of drug-likeness (QED) is 0.753. The molecule has 0 spiro atoms. The number of thiazole rings is 1. The molecule has 118 valence electrons. The van der Waals surface area contributed by atoms with E-state index in [1.807, 2.05) is 4.90 Å². The summed E-state index contributed by atoms with van der Waals surface area (Å²) in [4.78, 5) is 19.2. The second-order valence-corrected chi connectivity index (χ2v) is 6.35. The standard InChI is InChI=1S/C14H24N4O2S/c1-3-4-10-5-7-18(9-10)13(19)11-12(15)17-14(21-11)16-6-8-20-2/h10H,3-9,15H2,1-2H3,(H,16,17). The van der Waals surface area contributed by atoms with Gasteiger partial charge < -0.3 is 20.7 Å². The normalized spacial score (nSPS) is 18.2. The number of nitrogen functional groups attached to an aromatic ring is 1. The molecule has 1 aliphatic heterocycles. The first-order chi connectivity index (χ1) is 10.2. The fourth-order valence-corrected chi connectivity index (χ4v) is 3.50. The van der Waals surface area contributed by atoms with E-state index in [-0.39, 0.29) is 5.91 Å². The van der Waals surface area contributed by atoms with Crippen molar-refractivity contribution < 1.29 is 9.53 Å². The van der Waals surface area contributed by atoms with Crippen LogP contribution in [-0.4, -0.2) is 49.1 Å². The number of carbonyl (C=O) groups excluding carboxylic acids is 1. The maximum absolute atomic E-state index is 12.5. The number of hydrogen-bond acceptors (Lipinski definition) is 6. The van der Waals surface area contributed by atoms with Gasteiger partial charge in [-0.1, -0.05) is 24.7 Å². The van der Waals surface area contributed by atoms with E-state index in [2.05, 4.69) is 17.2 Å². The van der Waals surface area contributed by atoms with Crippen LogP contribution in [0, 0.1) is 5.92 Å². The van der Waals surface area contributed by atoms with Crippen LogP contribution in [0.4, 0.5) is 10.9 Å². The van der Waals surface area contributed by atoms with Crippen molar-refractivity contribution in [3.05, 3.63) is 4.88 Å². The van der Waals surface area contributed by atoms with Crippen molar-refractivity contribution in [2.45, 2.75) is 26.2 Å². The summed E-state index contributed by atoms with van der Waals surface area (Å²) in [6, 6.07) is 0. The largest absolute Gasteiger partial charge is 0.383 e. The number of amides is 1. The van der Waals surface area contributed by atoms with Crippen LogP contribution < -0.4 is 11.1 Å². The highest BCUT2D eigenvalue weighted by Crippen LogP contribution is 2.29. The smallest absolute Gasteiger partial charge is 0.267 e. The highest BCUT2D eigenvalue weighted by molar-refractivity contribution is 7.18. The molecule has 0 aromatic carbocycles. The highest BCUT2D eigenvalue weighted by Gasteiger charge is 2.29. The summed E-state index contributed by atoms with van der Waals surface area (Å²) < 4.78 is 4.97. The molecular weight excluding hydrogens is 288 g/mol. The molecule has 0 radical (unpaired) electrons. The lowest BCUT2D eigenvalue weighted by molar-refractivity contribution is 0.0792. The molecule has 2 heterocycles. The number of hydrogen-bond donors (Lipinski definition) is 2. The number of methoxy groups -OCH3 is 1. The predicted octanol–water partition coefficient (Wildman–Crippen LogP) is 2.05. The Kier molecular flexibility index (Phi) is 5.81. The molecular formula is C14H24N4O2S. The summed E-state index contributed by atoms with van der Waals surface area (Å²) in [7, 11) is 1.65. The van der Waals surface area contributed by atoms with Crippen LogP contribution in [-0.2, 0) is 4.74 Å². The highest BCUT2D eigenvalue weighted by atomic mass is 32.1. The second kappa shape index (κ2) is 7.61. The fourth-order valence-electron chi connectivity index (χ4n) is 2.63. The minimum Gasteiger partial charge on any atom is -0.383 e. The molecule has 0 aliphatic carbocycles. The van der Waals surface area contributed by atoms with Crippen LogP contribution in [0.15, 0.2) is 0 Å². The minimum atomic E-state index is 0.0170. The first-order valence-electron chi connectivity index (χ1n) is 7.44. The van der Waals surface area contributed by atoms with Gasteiger partial charge in [0.15, 0.2) is 5.13 Å². The zero-order valence-electron chi connectivity index (χ0n) is 12.7. The summed E-state index contributed by atoms with van der Waals surface area (Å²) in [6.45, 7) is 5.10. The van der Waals surface area contributed by atoms with Gasteiger partial charge in [-0.25, -0.2) is 4.98 Å². The van der Waals surface area contributed by atoms with Gasteiger partial charge in [0.05, 0.1) is 6.61 Å². The average molecular weight is 312 g/mol. The van der Waals surface area contributed by atoms with Crippen LogP contribution in [0.1, 0.15) is 35.9 Å². The Morgan fingerprint density at radius 1 is 1.62 bits per heavy atom. The number of nitrogens with zero attached hydrogens (tertiary/aromatic N) is 2. The molecule has 0 bridgehead atoms. The number of likely N-dealkylation sites (tertiary alicyclic amines) is 1. The van der Waals surface area contributed by atoms with Gasteiger partial charge in [-0.2, -0.15) is 0 Å². The summed E-state index contributed by atoms with van der Waals surface area (Å²) in [5.41, 5.74) is 5.89. The van der Waals surface area contributed by atoms with E-state index < -0.39 is 0 Å². The molecule has 1 saturated heterocycles. The lowest BCUT2D eigenvalue weighted by Gasteiger charge is -2.15. The van der Waals surface area contributed by atoms with Crippen LogP contribution in [0.2, 0.25) is 0 Å². The third-order valence-electron chi connectivity index (χ3n) is 3.70. The lowest BCUT2D eigenvalue weighted by Crippen LogP contribution is -2.28. The maximum Gasteiger partial charge on any atom is 0.267 e. The topological polar surface area (TPSA) is 80.5 Å². The molecule has 1 aromatic rings. The van der Waals surface area contributed by atoms with E-state index in [1.165, 1.54) is 24.2 Å². The Labute approximate surface area is 129 Å². The molecule has 1 amide bonds. The molecule has 6 nitrogen and oxygen atoms in total. The van der Waals surface area contributed by atoms with E-state index in [1.54, 1.807) is 7.11 Å². The third-order valence-corrected chi connectivity index (χ3v) is 4.72. The number of nitrogens with one attached hydrogen (secondary N) is 1. The van der Waals surface area contributed by atoms with Crippen molar-refractivity contribution in [2.75, 3.05) is 44.4 Å². The van der Waals surface area contributed by atoms with E-state index in [4.69, 9.17) is 10.5 Å². The van der Waals surface area contributed by atoms with Gasteiger partial charge in [0.25, 0.3) is 5.91 Å². The van der Waals surface area contributed by atoms with Crippen molar-refractivity contribution >= 4 is 28.2 Å². The Hall–Kier alpha value is -1.34. The minimum absolute atomic E-state index is 0.0170. The van der Waals surface area contributed by atoms with E-state index in [9.17, 15) is 4.79 Å². The van der Waals surface area contributed by atoms with Crippen molar-refractivity contribution in [2.24, 2.45) is 5.92 Å². The van der Waals surface area contributed by atoms with Crippen LogP contribution >= 0.6 is 11.3 Å². The van der Waals surface area contributed by atoms with Gasteiger partial charge in [0.1, 0.15) is 10.7 Å². The van der Waals surface area contributed by atoms with Crippen molar-refractivity contribution in [1.29, 1.82) is 0 Å². The van der Waals surface area contributed by atoms with Crippen molar-refractivity contribution in [3.8, 4) is 0 Å². The van der Waals surface area contributed by atoms with Gasteiger partial charge in [-0.15, -0.1) is 0 Å². The van der Waals surface area contributed by atoms with Crippen molar-refractivity contribution in [1.82, 2.24) is 9.88 Å². The van der Waals surface area contributed by atoms with E-state index in [0.29, 0.717) is 34.9 Å². The van der Waals surface area contributed by atoms with Crippen LogP contribution in [0.5, 0.6) is 0 Å². The summed E-state index contributed by atoms with van der Waals surface area (Å²) >= 11 is 1.33. The maximum atomic E-state index is 12.5. The molecule has 0 saturated carbocycles. The van der Waals surface area contributed by atoms with E-state index in [0.717, 1.165) is 19.5 Å². The monoisotopic (exact) mass is 312 g/mol. The number of ether oxygens (including phenoxy) is 1. The summed E-state index contributed by atoms with van der Waals surface area (Å²) in [5.74, 6) is 0.972. The molecule has 1 aromatic heterocycles. The number of carbonyl (C=O) groups is 1.